The zero-order valence-electron chi connectivity index (χ0n) is 10.4. The lowest BCUT2D eigenvalue weighted by Crippen LogP contribution is -1.92. The first-order valence-electron chi connectivity index (χ1n) is 6.17. The Morgan fingerprint density at radius 3 is 2.78 bits per heavy atom. The van der Waals surface area contributed by atoms with Crippen molar-refractivity contribution in [2.45, 2.75) is 19.8 Å². The van der Waals surface area contributed by atoms with E-state index in [2.05, 4.69) is 40.3 Å². The molecule has 90 valence electrons. The van der Waals surface area contributed by atoms with Gasteiger partial charge in [0.15, 0.2) is 0 Å². The Kier molecular flexibility index (Phi) is 2.81. The third-order valence-corrected chi connectivity index (χ3v) is 3.23. The maximum Gasteiger partial charge on any atom is 0.0961 e. The van der Waals surface area contributed by atoms with Crippen LogP contribution in [0.3, 0.4) is 0 Å². The van der Waals surface area contributed by atoms with Crippen LogP contribution in [-0.4, -0.2) is 15.2 Å². The Hall–Kier alpha value is -2.16. The van der Waals surface area contributed by atoms with Crippen LogP contribution in [0.4, 0.5) is 0 Å². The summed E-state index contributed by atoms with van der Waals surface area (Å²) in [4.78, 5) is 4.07. The molecule has 0 aliphatic heterocycles. The number of pyridine rings is 1. The van der Waals surface area contributed by atoms with Gasteiger partial charge in [0.05, 0.1) is 5.69 Å². The lowest BCUT2D eigenvalue weighted by molar-refractivity contribution is 1.000. The van der Waals surface area contributed by atoms with E-state index in [1.54, 1.807) is 0 Å². The predicted octanol–water partition coefficient (Wildman–Crippen LogP) is 3.51. The van der Waals surface area contributed by atoms with Gasteiger partial charge in [0.2, 0.25) is 0 Å². The van der Waals surface area contributed by atoms with Gasteiger partial charge >= 0.3 is 0 Å². The highest BCUT2D eigenvalue weighted by atomic mass is 15.1. The van der Waals surface area contributed by atoms with Crippen LogP contribution in [0.1, 0.15) is 24.2 Å². The van der Waals surface area contributed by atoms with Gasteiger partial charge in [-0.15, -0.1) is 0 Å². The Bertz CT molecular complexity index is 606. The fourth-order valence-corrected chi connectivity index (χ4v) is 2.33. The third-order valence-electron chi connectivity index (χ3n) is 3.23. The summed E-state index contributed by atoms with van der Waals surface area (Å²) in [5, 5.41) is 7.57. The third kappa shape index (κ3) is 1.88. The van der Waals surface area contributed by atoms with E-state index in [1.807, 2.05) is 24.5 Å². The zero-order valence-corrected chi connectivity index (χ0v) is 10.4. The van der Waals surface area contributed by atoms with Crippen LogP contribution in [0.15, 0.2) is 42.8 Å². The molecular weight excluding hydrogens is 222 g/mol. The largest absolute Gasteiger partial charge is 0.282 e. The molecule has 0 bridgehead atoms. The molecule has 3 nitrogen and oxygen atoms in total. The monoisotopic (exact) mass is 237 g/mol. The molecule has 0 aromatic carbocycles. The standard InChI is InChI=1S/C15H15N3/c1-11-14(12-7-9-16-10-8-12)15(18-17-11)13-5-3-2-4-6-13/h2-3,5,7-10H,4,6H2,1H3,(H,17,18). The Morgan fingerprint density at radius 1 is 1.22 bits per heavy atom. The predicted molar refractivity (Wildman–Crippen MR) is 72.9 cm³/mol. The lowest BCUT2D eigenvalue weighted by atomic mass is 9.95. The normalized spacial score (nSPS) is 14.6. The number of hydrogen-bond donors (Lipinski definition) is 1. The van der Waals surface area contributed by atoms with Gasteiger partial charge < -0.3 is 0 Å². The quantitative estimate of drug-likeness (QED) is 0.868. The number of rotatable bonds is 2. The first-order valence-corrected chi connectivity index (χ1v) is 6.17. The molecule has 2 heterocycles. The maximum absolute atomic E-state index is 4.47. The molecule has 2 aromatic heterocycles. The summed E-state index contributed by atoms with van der Waals surface area (Å²) in [6, 6.07) is 4.06. The van der Waals surface area contributed by atoms with Crippen molar-refractivity contribution in [3.8, 4) is 11.1 Å². The van der Waals surface area contributed by atoms with Crippen LogP contribution in [0.25, 0.3) is 16.7 Å². The fraction of sp³-hybridized carbons (Fsp3) is 0.200. The van der Waals surface area contributed by atoms with Gasteiger partial charge in [0.1, 0.15) is 0 Å². The van der Waals surface area contributed by atoms with Gasteiger partial charge in [-0.3, -0.25) is 10.1 Å². The molecule has 1 aliphatic carbocycles. The van der Waals surface area contributed by atoms with Crippen molar-refractivity contribution in [2.75, 3.05) is 0 Å². The maximum atomic E-state index is 4.47. The van der Waals surface area contributed by atoms with Gasteiger partial charge in [-0.05, 0) is 43.0 Å². The lowest BCUT2D eigenvalue weighted by Gasteiger charge is -2.09. The highest BCUT2D eigenvalue weighted by Gasteiger charge is 2.16. The van der Waals surface area contributed by atoms with Crippen molar-refractivity contribution in [2.24, 2.45) is 0 Å². The molecule has 0 spiro atoms. The molecular formula is C15H15N3. The van der Waals surface area contributed by atoms with E-state index >= 15 is 0 Å². The molecule has 1 aliphatic rings. The van der Waals surface area contributed by atoms with Crippen LogP contribution in [0.5, 0.6) is 0 Å². The van der Waals surface area contributed by atoms with Crippen molar-refractivity contribution in [1.29, 1.82) is 0 Å². The summed E-state index contributed by atoms with van der Waals surface area (Å²) in [5.74, 6) is 0. The van der Waals surface area contributed by atoms with E-state index in [0.29, 0.717) is 0 Å². The summed E-state index contributed by atoms with van der Waals surface area (Å²) in [6.07, 6.45) is 12.2. The minimum Gasteiger partial charge on any atom is -0.282 e. The summed E-state index contributed by atoms with van der Waals surface area (Å²) < 4.78 is 0. The molecule has 0 radical (unpaired) electrons. The van der Waals surface area contributed by atoms with Crippen LogP contribution >= 0.6 is 0 Å². The highest BCUT2D eigenvalue weighted by Crippen LogP contribution is 2.32. The molecule has 3 rings (SSSR count). The van der Waals surface area contributed by atoms with E-state index in [1.165, 1.54) is 16.7 Å². The first kappa shape index (κ1) is 11.0. The Balaban J connectivity index is 2.12. The van der Waals surface area contributed by atoms with Gasteiger partial charge in [0, 0.05) is 23.7 Å². The van der Waals surface area contributed by atoms with Crippen molar-refractivity contribution in [3.63, 3.8) is 0 Å². The average Bonchev–Trinajstić information content (AvgIpc) is 2.83. The Morgan fingerprint density at radius 2 is 2.06 bits per heavy atom. The number of H-pyrrole nitrogens is 1. The molecule has 0 saturated carbocycles. The second-order valence-electron chi connectivity index (χ2n) is 4.47. The van der Waals surface area contributed by atoms with Crippen LogP contribution in [-0.2, 0) is 0 Å². The van der Waals surface area contributed by atoms with E-state index in [-0.39, 0.29) is 0 Å². The minimum atomic E-state index is 1.05. The summed E-state index contributed by atoms with van der Waals surface area (Å²) in [7, 11) is 0. The zero-order chi connectivity index (χ0) is 12.4. The van der Waals surface area contributed by atoms with Gasteiger partial charge in [0.25, 0.3) is 0 Å². The van der Waals surface area contributed by atoms with Crippen LogP contribution in [0, 0.1) is 6.92 Å². The highest BCUT2D eigenvalue weighted by molar-refractivity contribution is 5.81. The van der Waals surface area contributed by atoms with Crippen molar-refractivity contribution in [3.05, 3.63) is 54.1 Å². The number of allylic oxidation sites excluding steroid dienone is 4. The number of aryl methyl sites for hydroxylation is 1. The van der Waals surface area contributed by atoms with E-state index in [4.69, 9.17) is 0 Å². The molecule has 3 heteroatoms. The van der Waals surface area contributed by atoms with E-state index in [9.17, 15) is 0 Å². The molecule has 18 heavy (non-hydrogen) atoms. The molecule has 1 N–H and O–H groups in total. The topological polar surface area (TPSA) is 41.6 Å². The van der Waals surface area contributed by atoms with Crippen molar-refractivity contribution >= 4 is 5.57 Å². The van der Waals surface area contributed by atoms with E-state index < -0.39 is 0 Å². The van der Waals surface area contributed by atoms with Gasteiger partial charge in [-0.2, -0.15) is 5.10 Å². The van der Waals surface area contributed by atoms with Crippen LogP contribution in [0.2, 0.25) is 0 Å². The number of aromatic amines is 1. The number of aromatic nitrogens is 3. The minimum absolute atomic E-state index is 1.05. The summed E-state index contributed by atoms with van der Waals surface area (Å²) >= 11 is 0. The van der Waals surface area contributed by atoms with Crippen molar-refractivity contribution in [1.82, 2.24) is 15.2 Å². The molecule has 0 atom stereocenters. The molecule has 0 amide bonds. The SMILES string of the molecule is Cc1[nH]nc(C2=CC=CCC2)c1-c1ccncc1. The number of hydrogen-bond acceptors (Lipinski definition) is 2. The molecule has 0 saturated heterocycles. The smallest absolute Gasteiger partial charge is 0.0961 e. The molecule has 0 unspecified atom stereocenters. The first-order chi connectivity index (χ1) is 8.86. The van der Waals surface area contributed by atoms with Gasteiger partial charge in [-0.25, -0.2) is 0 Å². The van der Waals surface area contributed by atoms with Gasteiger partial charge in [-0.1, -0.05) is 18.2 Å². The van der Waals surface area contributed by atoms with Crippen molar-refractivity contribution < 1.29 is 0 Å². The second-order valence-corrected chi connectivity index (χ2v) is 4.47. The Labute approximate surface area is 106 Å². The average molecular weight is 237 g/mol. The summed E-state index contributed by atoms with van der Waals surface area (Å²) in [6.45, 7) is 2.06. The number of nitrogens with one attached hydrogen (secondary N) is 1. The molecule has 2 aromatic rings. The summed E-state index contributed by atoms with van der Waals surface area (Å²) in [5.41, 5.74) is 5.84. The van der Waals surface area contributed by atoms with Crippen LogP contribution < -0.4 is 0 Å². The van der Waals surface area contributed by atoms with E-state index in [0.717, 1.165) is 24.2 Å². The molecule has 0 fully saturated rings. The second kappa shape index (κ2) is 4.61. The fourth-order valence-electron chi connectivity index (χ4n) is 2.33. The number of nitrogens with zero attached hydrogens (tertiary/aromatic N) is 2.